The van der Waals surface area contributed by atoms with E-state index in [1.54, 1.807) is 0 Å². The summed E-state index contributed by atoms with van der Waals surface area (Å²) in [7, 11) is 0. The number of aromatic nitrogens is 2. The van der Waals surface area contributed by atoms with Gasteiger partial charge >= 0.3 is 0 Å². The lowest BCUT2D eigenvalue weighted by Crippen LogP contribution is -2.29. The van der Waals surface area contributed by atoms with E-state index in [0.717, 1.165) is 26.1 Å². The van der Waals surface area contributed by atoms with Crippen LogP contribution in [0.25, 0.3) is 0 Å². The van der Waals surface area contributed by atoms with E-state index >= 15 is 0 Å². The minimum Gasteiger partial charge on any atom is -0.484 e. The molecule has 3 N–H and O–H groups in total. The number of aromatic amines is 1. The van der Waals surface area contributed by atoms with E-state index < -0.39 is 5.91 Å². The van der Waals surface area contributed by atoms with Crippen molar-refractivity contribution in [3.63, 3.8) is 0 Å². The predicted molar refractivity (Wildman–Crippen MR) is 77.5 cm³/mol. The number of nitrogens with one attached hydrogen (secondary N) is 1. The molecule has 0 saturated heterocycles. The molecular formula is C15H18N4O2. The molecule has 1 aromatic carbocycles. The summed E-state index contributed by atoms with van der Waals surface area (Å²) in [4.78, 5) is 13.0. The number of nitrogens with two attached hydrogens (primary N) is 1. The van der Waals surface area contributed by atoms with Crippen LogP contribution in [0, 0.1) is 0 Å². The van der Waals surface area contributed by atoms with Crippen LogP contribution in [-0.2, 0) is 24.3 Å². The Morgan fingerprint density at radius 1 is 1.38 bits per heavy atom. The van der Waals surface area contributed by atoms with E-state index in [1.807, 2.05) is 30.5 Å². The Morgan fingerprint density at radius 2 is 2.19 bits per heavy atom. The Bertz CT molecular complexity index is 621. The maximum atomic E-state index is 10.7. The number of ether oxygens (including phenoxy) is 1. The second-order valence-corrected chi connectivity index (χ2v) is 5.23. The number of carbonyl (C=O) groups excluding carboxylic acids is 1. The van der Waals surface area contributed by atoms with Gasteiger partial charge in [0.2, 0.25) is 0 Å². The zero-order valence-electron chi connectivity index (χ0n) is 11.7. The lowest BCUT2D eigenvalue weighted by Gasteiger charge is -2.26. The molecule has 0 aliphatic carbocycles. The minimum absolute atomic E-state index is 0.0892. The summed E-state index contributed by atoms with van der Waals surface area (Å²) in [5.41, 5.74) is 8.79. The van der Waals surface area contributed by atoms with Gasteiger partial charge in [0, 0.05) is 19.6 Å². The standard InChI is InChI=1S/C15H18N4O2/c16-15(20)10-21-13-3-1-11(2-4-13)8-19-6-5-12-7-17-18-14(12)9-19/h1-4,7H,5-6,8-10H2,(H2,16,20)(H,17,18). The first-order chi connectivity index (χ1) is 10.2. The van der Waals surface area contributed by atoms with Crippen LogP contribution in [0.1, 0.15) is 16.8 Å². The number of amides is 1. The highest BCUT2D eigenvalue weighted by molar-refractivity contribution is 5.75. The molecule has 0 spiro atoms. The fraction of sp³-hybridized carbons (Fsp3) is 0.333. The van der Waals surface area contributed by atoms with Gasteiger partial charge in [-0.25, -0.2) is 0 Å². The van der Waals surface area contributed by atoms with Crippen LogP contribution in [0.3, 0.4) is 0 Å². The zero-order chi connectivity index (χ0) is 14.7. The largest absolute Gasteiger partial charge is 0.484 e. The monoisotopic (exact) mass is 286 g/mol. The lowest BCUT2D eigenvalue weighted by molar-refractivity contribution is -0.119. The quantitative estimate of drug-likeness (QED) is 0.852. The molecule has 0 radical (unpaired) electrons. The molecule has 3 rings (SSSR count). The van der Waals surface area contributed by atoms with E-state index in [9.17, 15) is 4.79 Å². The van der Waals surface area contributed by atoms with Gasteiger partial charge in [0.1, 0.15) is 5.75 Å². The van der Waals surface area contributed by atoms with Crippen molar-refractivity contribution in [2.24, 2.45) is 5.73 Å². The van der Waals surface area contributed by atoms with Gasteiger partial charge in [-0.3, -0.25) is 14.8 Å². The van der Waals surface area contributed by atoms with Gasteiger partial charge < -0.3 is 10.5 Å². The number of H-pyrrole nitrogens is 1. The van der Waals surface area contributed by atoms with Crippen LogP contribution in [0.5, 0.6) is 5.75 Å². The molecule has 1 amide bonds. The molecular weight excluding hydrogens is 268 g/mol. The molecule has 0 bridgehead atoms. The molecule has 2 aromatic rings. The summed E-state index contributed by atoms with van der Waals surface area (Å²) in [6.07, 6.45) is 2.95. The lowest BCUT2D eigenvalue weighted by atomic mass is 10.1. The molecule has 0 atom stereocenters. The molecule has 1 aliphatic rings. The second kappa shape index (κ2) is 5.97. The third-order valence-electron chi connectivity index (χ3n) is 3.60. The number of hydrogen-bond donors (Lipinski definition) is 2. The summed E-state index contributed by atoms with van der Waals surface area (Å²) in [5, 5.41) is 7.14. The predicted octanol–water partition coefficient (Wildman–Crippen LogP) is 0.832. The number of nitrogens with zero attached hydrogens (tertiary/aromatic N) is 2. The first-order valence-electron chi connectivity index (χ1n) is 6.94. The van der Waals surface area contributed by atoms with Crippen LogP contribution in [0.15, 0.2) is 30.5 Å². The number of rotatable bonds is 5. The number of hydrogen-bond acceptors (Lipinski definition) is 4. The average Bonchev–Trinajstić information content (AvgIpc) is 2.94. The molecule has 1 aliphatic heterocycles. The van der Waals surface area contributed by atoms with E-state index in [1.165, 1.54) is 16.8 Å². The average molecular weight is 286 g/mol. The summed E-state index contributed by atoms with van der Waals surface area (Å²) in [5.74, 6) is 0.190. The van der Waals surface area contributed by atoms with Crippen molar-refractivity contribution in [2.45, 2.75) is 19.5 Å². The molecule has 6 nitrogen and oxygen atoms in total. The number of carbonyl (C=O) groups is 1. The molecule has 21 heavy (non-hydrogen) atoms. The summed E-state index contributed by atoms with van der Waals surface area (Å²) < 4.78 is 5.25. The van der Waals surface area contributed by atoms with Crippen LogP contribution in [-0.4, -0.2) is 34.2 Å². The van der Waals surface area contributed by atoms with E-state index in [2.05, 4.69) is 15.1 Å². The van der Waals surface area contributed by atoms with Gasteiger partial charge in [-0.1, -0.05) is 12.1 Å². The van der Waals surface area contributed by atoms with Crippen molar-refractivity contribution in [1.29, 1.82) is 0 Å². The van der Waals surface area contributed by atoms with Crippen molar-refractivity contribution in [3.05, 3.63) is 47.3 Å². The topological polar surface area (TPSA) is 84.2 Å². The van der Waals surface area contributed by atoms with Crippen molar-refractivity contribution in [2.75, 3.05) is 13.2 Å². The minimum atomic E-state index is -0.470. The van der Waals surface area contributed by atoms with Crippen LogP contribution in [0.2, 0.25) is 0 Å². The first kappa shape index (κ1) is 13.6. The molecule has 110 valence electrons. The smallest absolute Gasteiger partial charge is 0.255 e. The number of benzene rings is 1. The third-order valence-corrected chi connectivity index (χ3v) is 3.60. The molecule has 0 unspecified atom stereocenters. The van der Waals surface area contributed by atoms with Crippen molar-refractivity contribution in [3.8, 4) is 5.75 Å². The maximum absolute atomic E-state index is 10.7. The van der Waals surface area contributed by atoms with Crippen LogP contribution < -0.4 is 10.5 Å². The van der Waals surface area contributed by atoms with E-state index in [0.29, 0.717) is 5.75 Å². The normalized spacial score (nSPS) is 14.7. The number of primary amides is 1. The van der Waals surface area contributed by atoms with Crippen LogP contribution >= 0.6 is 0 Å². The van der Waals surface area contributed by atoms with Crippen molar-refractivity contribution >= 4 is 5.91 Å². The van der Waals surface area contributed by atoms with Crippen LogP contribution in [0.4, 0.5) is 0 Å². The molecule has 0 fully saturated rings. The van der Waals surface area contributed by atoms with Gasteiger partial charge in [-0.05, 0) is 29.7 Å². The highest BCUT2D eigenvalue weighted by Gasteiger charge is 2.17. The van der Waals surface area contributed by atoms with Gasteiger partial charge in [0.15, 0.2) is 6.61 Å². The molecule has 1 aromatic heterocycles. The van der Waals surface area contributed by atoms with Crippen molar-refractivity contribution < 1.29 is 9.53 Å². The molecule has 2 heterocycles. The highest BCUT2D eigenvalue weighted by Crippen LogP contribution is 2.19. The summed E-state index contributed by atoms with van der Waals surface area (Å²) in [6.45, 7) is 2.73. The molecule has 6 heteroatoms. The first-order valence-corrected chi connectivity index (χ1v) is 6.94. The third kappa shape index (κ3) is 3.41. The highest BCUT2D eigenvalue weighted by atomic mass is 16.5. The Morgan fingerprint density at radius 3 is 2.95 bits per heavy atom. The maximum Gasteiger partial charge on any atom is 0.255 e. The Labute approximate surface area is 122 Å². The van der Waals surface area contributed by atoms with Gasteiger partial charge in [-0.2, -0.15) is 5.10 Å². The van der Waals surface area contributed by atoms with Crippen molar-refractivity contribution in [1.82, 2.24) is 15.1 Å². The second-order valence-electron chi connectivity index (χ2n) is 5.23. The van der Waals surface area contributed by atoms with E-state index in [-0.39, 0.29) is 6.61 Å². The SMILES string of the molecule is NC(=O)COc1ccc(CN2CCc3cn[nH]c3C2)cc1. The van der Waals surface area contributed by atoms with E-state index in [4.69, 9.17) is 10.5 Å². The van der Waals surface area contributed by atoms with Gasteiger partial charge in [0.25, 0.3) is 5.91 Å². The summed E-state index contributed by atoms with van der Waals surface area (Å²) in [6, 6.07) is 7.76. The van der Waals surface area contributed by atoms with Gasteiger partial charge in [0.05, 0.1) is 11.9 Å². The fourth-order valence-corrected chi connectivity index (χ4v) is 2.51. The summed E-state index contributed by atoms with van der Waals surface area (Å²) >= 11 is 0. The Hall–Kier alpha value is -2.34. The Balaban J connectivity index is 1.57. The molecule has 0 saturated carbocycles. The number of fused-ring (bicyclic) bond motifs is 1. The zero-order valence-corrected chi connectivity index (χ0v) is 11.7. The van der Waals surface area contributed by atoms with Gasteiger partial charge in [-0.15, -0.1) is 0 Å². The Kier molecular flexibility index (Phi) is 3.87. The fourth-order valence-electron chi connectivity index (χ4n) is 2.51.